The van der Waals surface area contributed by atoms with E-state index in [1.165, 1.54) is 12.8 Å². The van der Waals surface area contributed by atoms with Crippen LogP contribution in [-0.4, -0.2) is 22.8 Å². The Morgan fingerprint density at radius 1 is 0.520 bits per heavy atom. The van der Waals surface area contributed by atoms with Crippen molar-refractivity contribution in [3.63, 3.8) is 0 Å². The average Bonchev–Trinajstić information content (AvgIpc) is 2.60. The van der Waals surface area contributed by atoms with Crippen LogP contribution in [0.2, 0.25) is 11.1 Å². The van der Waals surface area contributed by atoms with E-state index >= 15 is 0 Å². The summed E-state index contributed by atoms with van der Waals surface area (Å²) in [5, 5.41) is 0. The molecule has 0 spiro atoms. The molecule has 0 saturated heterocycles. The van der Waals surface area contributed by atoms with Crippen LogP contribution in [0, 0.1) is 47.3 Å². The zero-order chi connectivity index (χ0) is 19.1. The molecule has 2 saturated carbocycles. The van der Waals surface area contributed by atoms with Gasteiger partial charge >= 0.3 is 8.56 Å². The summed E-state index contributed by atoms with van der Waals surface area (Å²) < 4.78 is 13.0. The number of hydrogen-bond acceptors (Lipinski definition) is 2. The molecule has 0 aromatic carbocycles. The lowest BCUT2D eigenvalue weighted by atomic mass is 9.68. The summed E-state index contributed by atoms with van der Waals surface area (Å²) in [7, 11) is 1.61. The Hall–Kier alpha value is 0.137. The molecule has 2 aliphatic carbocycles. The van der Waals surface area contributed by atoms with Gasteiger partial charge in [0.2, 0.25) is 0 Å². The predicted octanol–water partition coefficient (Wildman–Crippen LogP) is 6.36. The molecule has 2 fully saturated rings. The Balaban J connectivity index is 2.40. The molecule has 25 heavy (non-hydrogen) atoms. The summed E-state index contributed by atoms with van der Waals surface area (Å²) in [6, 6.07) is 0. The minimum atomic E-state index is -2.29. The summed E-state index contributed by atoms with van der Waals surface area (Å²) >= 11 is 0. The first kappa shape index (κ1) is 21.4. The van der Waals surface area contributed by atoms with Crippen LogP contribution in [0.15, 0.2) is 0 Å². The van der Waals surface area contributed by atoms with Crippen molar-refractivity contribution in [3.05, 3.63) is 0 Å². The van der Waals surface area contributed by atoms with Gasteiger partial charge in [-0.25, -0.2) is 0 Å². The Kier molecular flexibility index (Phi) is 6.88. The summed E-state index contributed by atoms with van der Waals surface area (Å²) in [6.07, 6.45) is 2.56. The average molecular weight is 369 g/mol. The van der Waals surface area contributed by atoms with Crippen LogP contribution >= 0.6 is 0 Å². The van der Waals surface area contributed by atoms with Gasteiger partial charge < -0.3 is 8.85 Å². The molecule has 0 bridgehead atoms. The molecule has 10 atom stereocenters. The van der Waals surface area contributed by atoms with Crippen molar-refractivity contribution >= 4 is 8.56 Å². The highest BCUT2D eigenvalue weighted by Crippen LogP contribution is 2.58. The maximum Gasteiger partial charge on any atom is 0.344 e. The fourth-order valence-electron chi connectivity index (χ4n) is 6.41. The SMILES string of the molecule is CO[Si](OC)(C1CC(C)C(C)C(C)C1C)C1CC(C)C(C)C(C)C1C. The largest absolute Gasteiger partial charge is 0.397 e. The van der Waals surface area contributed by atoms with Gasteiger partial charge in [0.05, 0.1) is 0 Å². The van der Waals surface area contributed by atoms with Gasteiger partial charge in [0, 0.05) is 25.3 Å². The third-order valence-electron chi connectivity index (χ3n) is 9.31. The third-order valence-corrected chi connectivity index (χ3v) is 14.2. The maximum absolute atomic E-state index is 6.49. The standard InChI is InChI=1S/C22H44O2Si/c1-13-11-21(19(7)17(5)15(13)3)25(23-9,24-10)22-12-14(2)16(4)18(6)20(22)8/h13-22H,11-12H2,1-10H3. The number of hydrogen-bond donors (Lipinski definition) is 0. The first-order chi connectivity index (χ1) is 11.6. The molecule has 2 nitrogen and oxygen atoms in total. The Morgan fingerprint density at radius 2 is 0.840 bits per heavy atom. The molecule has 148 valence electrons. The lowest BCUT2D eigenvalue weighted by molar-refractivity contribution is 0.0705. The summed E-state index contributed by atoms with van der Waals surface area (Å²) in [5.41, 5.74) is 1.23. The summed E-state index contributed by atoms with van der Waals surface area (Å²) in [4.78, 5) is 0. The van der Waals surface area contributed by atoms with Crippen molar-refractivity contribution in [1.82, 2.24) is 0 Å². The highest BCUT2D eigenvalue weighted by molar-refractivity contribution is 6.70. The Bertz CT molecular complexity index is 400. The topological polar surface area (TPSA) is 18.5 Å². The maximum atomic E-state index is 6.49. The fraction of sp³-hybridized carbons (Fsp3) is 1.00. The van der Waals surface area contributed by atoms with E-state index in [2.05, 4.69) is 55.4 Å². The van der Waals surface area contributed by atoms with E-state index in [0.29, 0.717) is 22.9 Å². The molecule has 0 aliphatic heterocycles. The molecule has 0 N–H and O–H groups in total. The summed E-state index contributed by atoms with van der Waals surface area (Å²) in [6.45, 7) is 19.6. The zero-order valence-corrected chi connectivity index (χ0v) is 19.5. The van der Waals surface area contributed by atoms with E-state index in [-0.39, 0.29) is 0 Å². The lowest BCUT2D eigenvalue weighted by Gasteiger charge is -2.54. The van der Waals surface area contributed by atoms with Gasteiger partial charge in [-0.2, -0.15) is 0 Å². The van der Waals surface area contributed by atoms with E-state index in [4.69, 9.17) is 8.85 Å². The second-order valence-electron chi connectivity index (χ2n) is 9.92. The van der Waals surface area contributed by atoms with Crippen LogP contribution < -0.4 is 0 Å². The highest BCUT2D eigenvalue weighted by Gasteiger charge is 2.59. The molecule has 2 rings (SSSR count). The van der Waals surface area contributed by atoms with Crippen LogP contribution in [0.4, 0.5) is 0 Å². The van der Waals surface area contributed by atoms with Gasteiger partial charge in [0.1, 0.15) is 0 Å². The summed E-state index contributed by atoms with van der Waals surface area (Å²) in [5.74, 6) is 6.01. The van der Waals surface area contributed by atoms with Crippen LogP contribution in [0.3, 0.4) is 0 Å². The van der Waals surface area contributed by atoms with E-state index in [0.717, 1.165) is 35.5 Å². The monoisotopic (exact) mass is 368 g/mol. The molecule has 0 amide bonds. The zero-order valence-electron chi connectivity index (χ0n) is 18.5. The van der Waals surface area contributed by atoms with E-state index in [9.17, 15) is 0 Å². The van der Waals surface area contributed by atoms with E-state index in [1.54, 1.807) is 0 Å². The highest BCUT2D eigenvalue weighted by atomic mass is 28.4. The van der Waals surface area contributed by atoms with Crippen LogP contribution in [0.1, 0.15) is 68.2 Å². The van der Waals surface area contributed by atoms with Gasteiger partial charge in [-0.15, -0.1) is 0 Å². The van der Waals surface area contributed by atoms with Crippen molar-refractivity contribution in [2.45, 2.75) is 79.3 Å². The molecular formula is C22H44O2Si. The minimum absolute atomic E-state index is 0.615. The van der Waals surface area contributed by atoms with Gasteiger partial charge in [0.25, 0.3) is 0 Å². The molecule has 0 aromatic heterocycles. The first-order valence-corrected chi connectivity index (χ1v) is 12.7. The van der Waals surface area contributed by atoms with Crippen LogP contribution in [0.5, 0.6) is 0 Å². The molecule has 0 aromatic rings. The Labute approximate surface area is 158 Å². The lowest BCUT2D eigenvalue weighted by Crippen LogP contribution is -2.58. The second-order valence-corrected chi connectivity index (χ2v) is 13.7. The molecule has 3 heteroatoms. The molecule has 2 aliphatic rings. The molecular weight excluding hydrogens is 324 g/mol. The van der Waals surface area contributed by atoms with E-state index < -0.39 is 8.56 Å². The second kappa shape index (κ2) is 8.02. The van der Waals surface area contributed by atoms with Crippen LogP contribution in [-0.2, 0) is 8.85 Å². The molecule has 0 radical (unpaired) electrons. The van der Waals surface area contributed by atoms with E-state index in [1.807, 2.05) is 14.2 Å². The van der Waals surface area contributed by atoms with Crippen molar-refractivity contribution in [1.29, 1.82) is 0 Å². The van der Waals surface area contributed by atoms with Gasteiger partial charge in [-0.05, 0) is 60.2 Å². The normalized spacial score (nSPS) is 49.2. The van der Waals surface area contributed by atoms with Gasteiger partial charge in [0.15, 0.2) is 0 Å². The van der Waals surface area contributed by atoms with Gasteiger partial charge in [-0.3, -0.25) is 0 Å². The predicted molar refractivity (Wildman–Crippen MR) is 110 cm³/mol. The Morgan fingerprint density at radius 3 is 1.12 bits per heavy atom. The van der Waals surface area contributed by atoms with Crippen molar-refractivity contribution in [2.24, 2.45) is 47.3 Å². The molecule has 0 heterocycles. The fourth-order valence-corrected chi connectivity index (χ4v) is 11.8. The van der Waals surface area contributed by atoms with Crippen molar-refractivity contribution in [3.8, 4) is 0 Å². The smallest absolute Gasteiger partial charge is 0.344 e. The first-order valence-electron chi connectivity index (χ1n) is 10.7. The van der Waals surface area contributed by atoms with Gasteiger partial charge in [-0.1, -0.05) is 55.4 Å². The quantitative estimate of drug-likeness (QED) is 0.538. The van der Waals surface area contributed by atoms with Crippen LogP contribution in [0.25, 0.3) is 0 Å². The third kappa shape index (κ3) is 3.50. The van der Waals surface area contributed by atoms with Crippen molar-refractivity contribution < 1.29 is 8.85 Å². The van der Waals surface area contributed by atoms with Crippen molar-refractivity contribution in [2.75, 3.05) is 14.2 Å². The number of rotatable bonds is 4. The molecule has 10 unspecified atom stereocenters. The minimum Gasteiger partial charge on any atom is -0.397 e.